The first kappa shape index (κ1) is 12.1. The zero-order chi connectivity index (χ0) is 11.1. The normalized spacial score (nSPS) is 12.1. The van der Waals surface area contributed by atoms with Crippen LogP contribution in [0.15, 0.2) is 24.3 Å². The highest BCUT2D eigenvalue weighted by Crippen LogP contribution is 2.31. The summed E-state index contributed by atoms with van der Waals surface area (Å²) in [5.41, 5.74) is 1.19. The Kier molecular flexibility index (Phi) is 5.26. The summed E-state index contributed by atoms with van der Waals surface area (Å²) in [6.07, 6.45) is 1.56. The molecule has 0 amide bonds. The van der Waals surface area contributed by atoms with Crippen molar-refractivity contribution in [3.63, 3.8) is 0 Å². The van der Waals surface area contributed by atoms with Crippen molar-refractivity contribution in [2.75, 3.05) is 12.9 Å². The number of ether oxygens (including phenoxy) is 1. The number of methoxy groups -OCH3 is 1. The zero-order valence-electron chi connectivity index (χ0n) is 9.10. The van der Waals surface area contributed by atoms with Gasteiger partial charge in [0.05, 0.1) is 7.11 Å². The van der Waals surface area contributed by atoms with E-state index in [0.717, 1.165) is 17.8 Å². The smallest absolute Gasteiger partial charge is 0.121 e. The molecule has 0 fully saturated rings. The fraction of sp³-hybridized carbons (Fsp3) is 0.417. The zero-order valence-corrected chi connectivity index (χ0v) is 9.92. The fourth-order valence-corrected chi connectivity index (χ4v) is 2.37. The van der Waals surface area contributed by atoms with Crippen LogP contribution in [0.4, 0.5) is 0 Å². The number of hydrogen-bond donors (Lipinski definition) is 0. The van der Waals surface area contributed by atoms with Gasteiger partial charge in [0.25, 0.3) is 0 Å². The fourth-order valence-electron chi connectivity index (χ4n) is 1.41. The summed E-state index contributed by atoms with van der Waals surface area (Å²) in [7, 11) is 1.65. The Balaban J connectivity index is 2.76. The minimum absolute atomic E-state index is 0.276. The van der Waals surface area contributed by atoms with Crippen molar-refractivity contribution < 1.29 is 9.53 Å². The van der Waals surface area contributed by atoms with Crippen LogP contribution in [-0.2, 0) is 4.79 Å². The molecule has 0 aliphatic heterocycles. The monoisotopic (exact) mass is 224 g/mol. The summed E-state index contributed by atoms with van der Waals surface area (Å²) in [5.74, 6) is 1.87. The van der Waals surface area contributed by atoms with Gasteiger partial charge in [-0.1, -0.05) is 19.1 Å². The lowest BCUT2D eigenvalue weighted by Gasteiger charge is -2.13. The molecule has 82 valence electrons. The maximum atomic E-state index is 10.5. The maximum Gasteiger partial charge on any atom is 0.121 e. The van der Waals surface area contributed by atoms with Gasteiger partial charge < -0.3 is 9.53 Å². The van der Waals surface area contributed by atoms with Crippen molar-refractivity contribution in [2.45, 2.75) is 18.6 Å². The second-order valence-corrected chi connectivity index (χ2v) is 4.60. The molecule has 0 saturated carbocycles. The minimum Gasteiger partial charge on any atom is -0.497 e. The average molecular weight is 224 g/mol. The van der Waals surface area contributed by atoms with Crippen molar-refractivity contribution in [3.8, 4) is 5.75 Å². The van der Waals surface area contributed by atoms with E-state index in [1.54, 1.807) is 18.9 Å². The Labute approximate surface area is 95.0 Å². The molecule has 0 aromatic heterocycles. The minimum atomic E-state index is 0.276. The van der Waals surface area contributed by atoms with Crippen LogP contribution in [0.2, 0.25) is 0 Å². The number of carbonyl (C=O) groups is 1. The second kappa shape index (κ2) is 6.51. The standard InChI is InChI=1S/C12H16O2S/c1-3-15-12(8-9-13)10-4-6-11(14-2)7-5-10/h4-7,9,12H,3,8H2,1-2H3. The third kappa shape index (κ3) is 3.59. The van der Waals surface area contributed by atoms with Gasteiger partial charge in [0.15, 0.2) is 0 Å². The van der Waals surface area contributed by atoms with Gasteiger partial charge in [-0.2, -0.15) is 11.8 Å². The molecule has 1 rings (SSSR count). The summed E-state index contributed by atoms with van der Waals surface area (Å²) in [6, 6.07) is 7.91. The van der Waals surface area contributed by atoms with Gasteiger partial charge in [0.2, 0.25) is 0 Å². The number of aldehydes is 1. The number of carbonyl (C=O) groups excluding carboxylic acids is 1. The molecule has 0 bridgehead atoms. The van der Waals surface area contributed by atoms with E-state index in [2.05, 4.69) is 6.92 Å². The molecule has 2 nitrogen and oxygen atoms in total. The van der Waals surface area contributed by atoms with Gasteiger partial charge in [0, 0.05) is 11.7 Å². The van der Waals surface area contributed by atoms with Crippen LogP contribution < -0.4 is 4.74 Å². The molecule has 0 radical (unpaired) electrons. The Morgan fingerprint density at radius 2 is 2.07 bits per heavy atom. The van der Waals surface area contributed by atoms with E-state index in [4.69, 9.17) is 4.74 Å². The topological polar surface area (TPSA) is 26.3 Å². The van der Waals surface area contributed by atoms with E-state index < -0.39 is 0 Å². The summed E-state index contributed by atoms with van der Waals surface area (Å²) in [5, 5.41) is 0.276. The third-order valence-corrected chi connectivity index (χ3v) is 3.37. The van der Waals surface area contributed by atoms with Crippen molar-refractivity contribution in [1.29, 1.82) is 0 Å². The molecule has 1 aromatic carbocycles. The van der Waals surface area contributed by atoms with E-state index in [1.165, 1.54) is 5.56 Å². The predicted molar refractivity (Wildman–Crippen MR) is 64.5 cm³/mol. The third-order valence-electron chi connectivity index (χ3n) is 2.17. The van der Waals surface area contributed by atoms with Gasteiger partial charge in [-0.05, 0) is 23.4 Å². The molecule has 0 spiro atoms. The van der Waals surface area contributed by atoms with Crippen LogP contribution in [0, 0.1) is 0 Å². The summed E-state index contributed by atoms with van der Waals surface area (Å²) in [4.78, 5) is 10.5. The number of rotatable bonds is 6. The van der Waals surface area contributed by atoms with E-state index in [1.807, 2.05) is 24.3 Å². The summed E-state index contributed by atoms with van der Waals surface area (Å²) in [6.45, 7) is 2.10. The van der Waals surface area contributed by atoms with E-state index in [0.29, 0.717) is 6.42 Å². The van der Waals surface area contributed by atoms with Crippen LogP contribution in [0.5, 0.6) is 5.75 Å². The average Bonchev–Trinajstić information content (AvgIpc) is 2.29. The first-order valence-corrected chi connectivity index (χ1v) is 6.05. The molecule has 1 unspecified atom stereocenters. The van der Waals surface area contributed by atoms with Crippen molar-refractivity contribution in [2.24, 2.45) is 0 Å². The van der Waals surface area contributed by atoms with Crippen molar-refractivity contribution in [3.05, 3.63) is 29.8 Å². The highest BCUT2D eigenvalue weighted by atomic mass is 32.2. The molecule has 0 N–H and O–H groups in total. The van der Waals surface area contributed by atoms with Gasteiger partial charge in [0.1, 0.15) is 12.0 Å². The largest absolute Gasteiger partial charge is 0.497 e. The Hall–Kier alpha value is -0.960. The predicted octanol–water partition coefficient (Wildman–Crippen LogP) is 3.08. The molecule has 0 aliphatic rings. The van der Waals surface area contributed by atoms with Crippen LogP contribution in [0.25, 0.3) is 0 Å². The van der Waals surface area contributed by atoms with Gasteiger partial charge in [-0.25, -0.2) is 0 Å². The summed E-state index contributed by atoms with van der Waals surface area (Å²) >= 11 is 1.80. The molecular weight excluding hydrogens is 208 g/mol. The van der Waals surface area contributed by atoms with Crippen LogP contribution in [0.1, 0.15) is 24.2 Å². The molecule has 0 aliphatic carbocycles. The molecular formula is C12H16O2S. The molecule has 15 heavy (non-hydrogen) atoms. The molecule has 3 heteroatoms. The summed E-state index contributed by atoms with van der Waals surface area (Å²) < 4.78 is 5.09. The van der Waals surface area contributed by atoms with Crippen LogP contribution in [-0.4, -0.2) is 19.1 Å². The van der Waals surface area contributed by atoms with Crippen LogP contribution >= 0.6 is 11.8 Å². The molecule has 0 saturated heterocycles. The second-order valence-electron chi connectivity index (χ2n) is 3.12. The van der Waals surface area contributed by atoms with Gasteiger partial charge in [-0.3, -0.25) is 0 Å². The highest BCUT2D eigenvalue weighted by Gasteiger charge is 2.10. The SMILES string of the molecule is CCSC(CC=O)c1ccc(OC)cc1. The molecule has 1 atom stereocenters. The lowest BCUT2D eigenvalue weighted by atomic mass is 10.1. The van der Waals surface area contributed by atoms with E-state index >= 15 is 0 Å². The van der Waals surface area contributed by atoms with E-state index in [-0.39, 0.29) is 5.25 Å². The lowest BCUT2D eigenvalue weighted by molar-refractivity contribution is -0.107. The molecule has 1 aromatic rings. The Morgan fingerprint density at radius 3 is 2.53 bits per heavy atom. The van der Waals surface area contributed by atoms with E-state index in [9.17, 15) is 4.79 Å². The van der Waals surface area contributed by atoms with Crippen molar-refractivity contribution in [1.82, 2.24) is 0 Å². The quantitative estimate of drug-likeness (QED) is 0.695. The van der Waals surface area contributed by atoms with Gasteiger partial charge >= 0.3 is 0 Å². The highest BCUT2D eigenvalue weighted by molar-refractivity contribution is 7.99. The number of hydrogen-bond acceptors (Lipinski definition) is 3. The Morgan fingerprint density at radius 1 is 1.40 bits per heavy atom. The van der Waals surface area contributed by atoms with Gasteiger partial charge in [-0.15, -0.1) is 0 Å². The Bertz CT molecular complexity index is 295. The lowest BCUT2D eigenvalue weighted by Crippen LogP contribution is -1.96. The number of thioether (sulfide) groups is 1. The molecule has 0 heterocycles. The van der Waals surface area contributed by atoms with Crippen LogP contribution in [0.3, 0.4) is 0 Å². The first-order chi connectivity index (χ1) is 7.31. The van der Waals surface area contributed by atoms with Crippen molar-refractivity contribution >= 4 is 18.0 Å². The first-order valence-electron chi connectivity index (χ1n) is 5.01. The number of benzene rings is 1. The maximum absolute atomic E-state index is 10.5.